The Labute approximate surface area is 134 Å². The zero-order valence-electron chi connectivity index (χ0n) is 12.1. The van der Waals surface area contributed by atoms with Gasteiger partial charge in [0.05, 0.1) is 28.8 Å². The van der Waals surface area contributed by atoms with E-state index >= 15 is 0 Å². The van der Waals surface area contributed by atoms with Crippen LogP contribution in [0.5, 0.6) is 0 Å². The summed E-state index contributed by atoms with van der Waals surface area (Å²) >= 11 is 6.43. The van der Waals surface area contributed by atoms with Crippen molar-refractivity contribution < 1.29 is 0 Å². The molecule has 2 aromatic carbocycles. The van der Waals surface area contributed by atoms with E-state index in [9.17, 15) is 0 Å². The predicted molar refractivity (Wildman–Crippen MR) is 91.0 cm³/mol. The number of hydrazone groups is 1. The van der Waals surface area contributed by atoms with Gasteiger partial charge in [0.25, 0.3) is 0 Å². The Morgan fingerprint density at radius 1 is 1.05 bits per heavy atom. The van der Waals surface area contributed by atoms with Gasteiger partial charge in [0.1, 0.15) is 5.15 Å². The van der Waals surface area contributed by atoms with Crippen LogP contribution in [0, 0.1) is 6.92 Å². The Kier molecular flexibility index (Phi) is 4.21. The summed E-state index contributed by atoms with van der Waals surface area (Å²) in [4.78, 5) is 0. The molecule has 0 aliphatic carbocycles. The summed E-state index contributed by atoms with van der Waals surface area (Å²) < 4.78 is 1.71. The van der Waals surface area contributed by atoms with Crippen LogP contribution in [0.1, 0.15) is 11.3 Å². The number of aromatic nitrogens is 2. The molecule has 0 amide bonds. The molecule has 3 rings (SSSR count). The van der Waals surface area contributed by atoms with Crippen molar-refractivity contribution in [3.63, 3.8) is 0 Å². The number of halogens is 1. The van der Waals surface area contributed by atoms with E-state index in [0.717, 1.165) is 22.6 Å². The molecule has 0 saturated heterocycles. The molecule has 0 unspecified atom stereocenters. The molecule has 0 aliphatic heterocycles. The highest BCUT2D eigenvalue weighted by molar-refractivity contribution is 6.32. The Morgan fingerprint density at radius 2 is 1.68 bits per heavy atom. The lowest BCUT2D eigenvalue weighted by atomic mass is 10.3. The fourth-order valence-electron chi connectivity index (χ4n) is 2.08. The van der Waals surface area contributed by atoms with Gasteiger partial charge in [-0.25, -0.2) is 4.68 Å². The Balaban J connectivity index is 1.84. The minimum atomic E-state index is 0.544. The van der Waals surface area contributed by atoms with Crippen molar-refractivity contribution >= 4 is 23.5 Å². The Bertz CT molecular complexity index is 779. The van der Waals surface area contributed by atoms with Gasteiger partial charge in [-0.15, -0.1) is 0 Å². The molecule has 0 aliphatic rings. The summed E-state index contributed by atoms with van der Waals surface area (Å²) in [6.45, 7) is 1.91. The standard InChI is InChI=1S/C17H15ClN4/c1-13-16(12-19-20-14-8-4-2-5-9-14)17(18)22(21-13)15-10-6-3-7-11-15/h2-12,20H,1H3/b19-12+. The molecule has 0 spiro atoms. The summed E-state index contributed by atoms with van der Waals surface area (Å²) in [6, 6.07) is 19.5. The van der Waals surface area contributed by atoms with Crippen LogP contribution in [0.3, 0.4) is 0 Å². The molecule has 4 nitrogen and oxygen atoms in total. The van der Waals surface area contributed by atoms with E-state index in [2.05, 4.69) is 15.6 Å². The molecule has 110 valence electrons. The van der Waals surface area contributed by atoms with Gasteiger partial charge in [-0.1, -0.05) is 48.0 Å². The van der Waals surface area contributed by atoms with Crippen molar-refractivity contribution in [3.8, 4) is 5.69 Å². The number of nitrogens with one attached hydrogen (secondary N) is 1. The minimum Gasteiger partial charge on any atom is -0.279 e. The van der Waals surface area contributed by atoms with Crippen LogP contribution >= 0.6 is 11.6 Å². The van der Waals surface area contributed by atoms with E-state index in [1.165, 1.54) is 0 Å². The first-order chi connectivity index (χ1) is 10.8. The summed E-state index contributed by atoms with van der Waals surface area (Å²) in [5, 5.41) is 9.24. The van der Waals surface area contributed by atoms with E-state index in [1.54, 1.807) is 10.9 Å². The molecule has 1 aromatic heterocycles. The van der Waals surface area contributed by atoms with Gasteiger partial charge in [-0.2, -0.15) is 10.2 Å². The molecular weight excluding hydrogens is 296 g/mol. The van der Waals surface area contributed by atoms with Crippen molar-refractivity contribution in [1.82, 2.24) is 9.78 Å². The van der Waals surface area contributed by atoms with Crippen LogP contribution in [-0.4, -0.2) is 16.0 Å². The van der Waals surface area contributed by atoms with Crippen molar-refractivity contribution in [1.29, 1.82) is 0 Å². The van der Waals surface area contributed by atoms with Crippen LogP contribution in [0.2, 0.25) is 5.15 Å². The Morgan fingerprint density at radius 3 is 2.36 bits per heavy atom. The number of aryl methyl sites for hydroxylation is 1. The predicted octanol–water partition coefficient (Wildman–Crippen LogP) is 4.28. The molecule has 0 bridgehead atoms. The number of anilines is 1. The van der Waals surface area contributed by atoms with Crippen LogP contribution in [-0.2, 0) is 0 Å². The highest BCUT2D eigenvalue weighted by Crippen LogP contribution is 2.22. The fourth-order valence-corrected chi connectivity index (χ4v) is 2.40. The van der Waals surface area contributed by atoms with Crippen molar-refractivity contribution in [2.75, 3.05) is 5.43 Å². The molecule has 0 fully saturated rings. The van der Waals surface area contributed by atoms with E-state index in [0.29, 0.717) is 5.15 Å². The SMILES string of the molecule is Cc1nn(-c2ccccc2)c(Cl)c1/C=N/Nc1ccccc1. The first-order valence-electron chi connectivity index (χ1n) is 6.90. The second-order valence-corrected chi connectivity index (χ2v) is 5.13. The molecule has 0 saturated carbocycles. The third-order valence-electron chi connectivity index (χ3n) is 3.21. The van der Waals surface area contributed by atoms with Gasteiger partial charge in [-0.3, -0.25) is 5.43 Å². The fraction of sp³-hybridized carbons (Fsp3) is 0.0588. The lowest BCUT2D eigenvalue weighted by Gasteiger charge is -2.02. The van der Waals surface area contributed by atoms with E-state index < -0.39 is 0 Å². The second-order valence-electron chi connectivity index (χ2n) is 4.77. The monoisotopic (exact) mass is 310 g/mol. The normalized spacial score (nSPS) is 11.0. The lowest BCUT2D eigenvalue weighted by Crippen LogP contribution is -1.96. The van der Waals surface area contributed by atoms with Gasteiger partial charge >= 0.3 is 0 Å². The van der Waals surface area contributed by atoms with Crippen LogP contribution in [0.4, 0.5) is 5.69 Å². The largest absolute Gasteiger partial charge is 0.279 e. The highest BCUT2D eigenvalue weighted by Gasteiger charge is 2.12. The molecule has 5 heteroatoms. The van der Waals surface area contributed by atoms with E-state index in [4.69, 9.17) is 11.6 Å². The smallest absolute Gasteiger partial charge is 0.142 e. The van der Waals surface area contributed by atoms with Crippen LogP contribution < -0.4 is 5.43 Å². The molecule has 0 radical (unpaired) electrons. The lowest BCUT2D eigenvalue weighted by molar-refractivity contribution is 0.863. The number of nitrogens with zero attached hydrogens (tertiary/aromatic N) is 3. The van der Waals surface area contributed by atoms with Crippen molar-refractivity contribution in [2.45, 2.75) is 6.92 Å². The molecular formula is C17H15ClN4. The van der Waals surface area contributed by atoms with Crippen LogP contribution in [0.25, 0.3) is 5.69 Å². The van der Waals surface area contributed by atoms with Gasteiger partial charge in [0.2, 0.25) is 0 Å². The zero-order valence-corrected chi connectivity index (χ0v) is 12.8. The molecule has 22 heavy (non-hydrogen) atoms. The number of para-hydroxylation sites is 2. The van der Waals surface area contributed by atoms with Crippen LogP contribution in [0.15, 0.2) is 65.8 Å². The number of hydrogen-bond acceptors (Lipinski definition) is 3. The van der Waals surface area contributed by atoms with E-state index in [-0.39, 0.29) is 0 Å². The summed E-state index contributed by atoms with van der Waals surface area (Å²) in [6.07, 6.45) is 1.69. The van der Waals surface area contributed by atoms with Gasteiger partial charge in [-0.05, 0) is 31.2 Å². The Hall–Kier alpha value is -2.59. The summed E-state index contributed by atoms with van der Waals surface area (Å²) in [5.74, 6) is 0. The first-order valence-corrected chi connectivity index (χ1v) is 7.28. The highest BCUT2D eigenvalue weighted by atomic mass is 35.5. The van der Waals surface area contributed by atoms with Crippen molar-refractivity contribution in [3.05, 3.63) is 77.1 Å². The van der Waals surface area contributed by atoms with E-state index in [1.807, 2.05) is 67.6 Å². The molecule has 3 aromatic rings. The third kappa shape index (κ3) is 3.02. The summed E-state index contributed by atoms with van der Waals surface area (Å²) in [7, 11) is 0. The first kappa shape index (κ1) is 14.4. The zero-order chi connectivity index (χ0) is 15.4. The number of rotatable bonds is 4. The molecule has 0 atom stereocenters. The topological polar surface area (TPSA) is 42.2 Å². The minimum absolute atomic E-state index is 0.544. The average molecular weight is 311 g/mol. The molecule has 1 N–H and O–H groups in total. The molecule has 1 heterocycles. The van der Waals surface area contributed by atoms with Gasteiger partial charge in [0, 0.05) is 0 Å². The average Bonchev–Trinajstić information content (AvgIpc) is 2.85. The maximum atomic E-state index is 6.43. The quantitative estimate of drug-likeness (QED) is 0.577. The second kappa shape index (κ2) is 6.45. The van der Waals surface area contributed by atoms with Gasteiger partial charge < -0.3 is 0 Å². The maximum Gasteiger partial charge on any atom is 0.142 e. The number of hydrogen-bond donors (Lipinski definition) is 1. The summed E-state index contributed by atoms with van der Waals surface area (Å²) in [5.41, 5.74) is 6.44. The van der Waals surface area contributed by atoms with Crippen molar-refractivity contribution in [2.24, 2.45) is 5.10 Å². The third-order valence-corrected chi connectivity index (χ3v) is 3.57. The van der Waals surface area contributed by atoms with Gasteiger partial charge in [0.15, 0.2) is 0 Å². The maximum absolute atomic E-state index is 6.43. The number of benzene rings is 2.